The number of hydrogen-bond donors (Lipinski definition) is 1. The molecule has 21 heavy (non-hydrogen) atoms. The molecule has 0 aliphatic heterocycles. The molecule has 0 bridgehead atoms. The molecule has 3 aromatic rings. The average Bonchev–Trinajstić information content (AvgIpc) is 2.94. The van der Waals surface area contributed by atoms with E-state index in [1.54, 1.807) is 0 Å². The Bertz CT molecular complexity index is 762. The van der Waals surface area contributed by atoms with Crippen molar-refractivity contribution in [1.82, 2.24) is 15.1 Å². The zero-order valence-electron chi connectivity index (χ0n) is 12.2. The minimum Gasteiger partial charge on any atom is -0.309 e. The van der Waals surface area contributed by atoms with E-state index in [9.17, 15) is 0 Å². The summed E-state index contributed by atoms with van der Waals surface area (Å²) in [4.78, 5) is 0. The molecule has 108 valence electrons. The lowest BCUT2D eigenvalue weighted by Gasteiger charge is -2.08. The van der Waals surface area contributed by atoms with E-state index in [2.05, 4.69) is 82.7 Å². The van der Waals surface area contributed by atoms with Crippen LogP contribution in [0.15, 0.2) is 53.1 Å². The normalized spacial score (nSPS) is 11.4. The van der Waals surface area contributed by atoms with Crippen LogP contribution in [0.3, 0.4) is 0 Å². The number of benzene rings is 2. The Morgan fingerprint density at radius 3 is 2.62 bits per heavy atom. The molecular weight excluding hydrogens is 326 g/mol. The van der Waals surface area contributed by atoms with Gasteiger partial charge in [-0.15, -0.1) is 0 Å². The number of rotatable bonds is 4. The molecule has 1 N–H and O–H groups in total. The molecule has 3 nitrogen and oxygen atoms in total. The topological polar surface area (TPSA) is 29.9 Å². The molecule has 2 aromatic carbocycles. The molecular formula is C17H18BrN3. The molecule has 3 rings (SSSR count). The smallest absolute Gasteiger partial charge is 0.0766 e. The highest BCUT2D eigenvalue weighted by Crippen LogP contribution is 2.28. The van der Waals surface area contributed by atoms with E-state index in [4.69, 9.17) is 0 Å². The van der Waals surface area contributed by atoms with Crippen molar-refractivity contribution < 1.29 is 0 Å². The first kappa shape index (κ1) is 14.3. The van der Waals surface area contributed by atoms with E-state index in [-0.39, 0.29) is 0 Å². The summed E-state index contributed by atoms with van der Waals surface area (Å²) in [5.41, 5.74) is 2.15. The lowest BCUT2D eigenvalue weighted by atomic mass is 10.1. The predicted molar refractivity (Wildman–Crippen MR) is 90.7 cm³/mol. The number of nitrogens with one attached hydrogen (secondary N) is 1. The Kier molecular flexibility index (Phi) is 4.08. The second-order valence-electron chi connectivity index (χ2n) is 5.40. The van der Waals surface area contributed by atoms with Gasteiger partial charge >= 0.3 is 0 Å². The van der Waals surface area contributed by atoms with Crippen molar-refractivity contribution in [1.29, 1.82) is 0 Å². The Labute approximate surface area is 133 Å². The van der Waals surface area contributed by atoms with Gasteiger partial charge in [-0.1, -0.05) is 54.0 Å². The fourth-order valence-corrected chi connectivity index (χ4v) is 2.82. The van der Waals surface area contributed by atoms with Gasteiger partial charge in [0.2, 0.25) is 0 Å². The summed E-state index contributed by atoms with van der Waals surface area (Å²) >= 11 is 3.61. The highest BCUT2D eigenvalue weighted by molar-refractivity contribution is 9.10. The standard InChI is InChI=1S/C17H18BrN3/c1-12(2)19-11-13-9-10-21(20-13)17-8-7-16(18)14-5-3-4-6-15(14)17/h3-10,12,19H,11H2,1-2H3. The predicted octanol–water partition coefficient (Wildman–Crippen LogP) is 4.29. The Morgan fingerprint density at radius 1 is 1.10 bits per heavy atom. The fraction of sp³-hybridized carbons (Fsp3) is 0.235. The molecule has 0 atom stereocenters. The third-order valence-electron chi connectivity index (χ3n) is 3.43. The average molecular weight is 344 g/mol. The number of halogens is 1. The van der Waals surface area contributed by atoms with Gasteiger partial charge in [0, 0.05) is 28.6 Å². The van der Waals surface area contributed by atoms with Gasteiger partial charge in [0.1, 0.15) is 0 Å². The van der Waals surface area contributed by atoms with Gasteiger partial charge in [-0.25, -0.2) is 4.68 Å². The molecule has 1 aromatic heterocycles. The zero-order chi connectivity index (χ0) is 14.8. The molecule has 0 aliphatic carbocycles. The van der Waals surface area contributed by atoms with Gasteiger partial charge in [0.25, 0.3) is 0 Å². The van der Waals surface area contributed by atoms with Crippen LogP contribution < -0.4 is 5.32 Å². The van der Waals surface area contributed by atoms with Crippen LogP contribution in [0, 0.1) is 0 Å². The van der Waals surface area contributed by atoms with Crippen molar-refractivity contribution >= 4 is 26.7 Å². The highest BCUT2D eigenvalue weighted by atomic mass is 79.9. The van der Waals surface area contributed by atoms with Gasteiger partial charge < -0.3 is 5.32 Å². The monoisotopic (exact) mass is 343 g/mol. The maximum Gasteiger partial charge on any atom is 0.0766 e. The van der Waals surface area contributed by atoms with Crippen LogP contribution in [0.25, 0.3) is 16.5 Å². The Hall–Kier alpha value is -1.65. The SMILES string of the molecule is CC(C)NCc1ccn(-c2ccc(Br)c3ccccc23)n1. The van der Waals surface area contributed by atoms with Gasteiger partial charge in [-0.3, -0.25) is 0 Å². The van der Waals surface area contributed by atoms with Crippen molar-refractivity contribution in [2.45, 2.75) is 26.4 Å². The van der Waals surface area contributed by atoms with Crippen LogP contribution in [0.4, 0.5) is 0 Å². The molecule has 0 amide bonds. The van der Waals surface area contributed by atoms with Crippen LogP contribution in [0.5, 0.6) is 0 Å². The van der Waals surface area contributed by atoms with Crippen LogP contribution >= 0.6 is 15.9 Å². The maximum absolute atomic E-state index is 4.67. The Balaban J connectivity index is 1.99. The molecule has 0 spiro atoms. The number of nitrogens with zero attached hydrogens (tertiary/aromatic N) is 2. The van der Waals surface area contributed by atoms with Crippen LogP contribution in [0.2, 0.25) is 0 Å². The van der Waals surface area contributed by atoms with Crippen molar-refractivity contribution in [2.75, 3.05) is 0 Å². The summed E-state index contributed by atoms with van der Waals surface area (Å²) in [6.45, 7) is 5.07. The molecule has 0 fully saturated rings. The number of aromatic nitrogens is 2. The van der Waals surface area contributed by atoms with E-state index >= 15 is 0 Å². The third kappa shape index (κ3) is 3.01. The summed E-state index contributed by atoms with van der Waals surface area (Å²) in [5.74, 6) is 0. The van der Waals surface area contributed by atoms with Crippen molar-refractivity contribution in [3.63, 3.8) is 0 Å². The zero-order valence-corrected chi connectivity index (χ0v) is 13.8. The van der Waals surface area contributed by atoms with Crippen molar-refractivity contribution in [3.05, 3.63) is 58.8 Å². The van der Waals surface area contributed by atoms with Crippen molar-refractivity contribution in [2.24, 2.45) is 0 Å². The van der Waals surface area contributed by atoms with Gasteiger partial charge in [0.15, 0.2) is 0 Å². The van der Waals surface area contributed by atoms with Gasteiger partial charge in [-0.2, -0.15) is 5.10 Å². The second-order valence-corrected chi connectivity index (χ2v) is 6.25. The molecule has 0 radical (unpaired) electrons. The Morgan fingerprint density at radius 2 is 1.86 bits per heavy atom. The molecule has 0 saturated carbocycles. The minimum atomic E-state index is 0.462. The van der Waals surface area contributed by atoms with Crippen LogP contribution in [-0.2, 0) is 6.54 Å². The lowest BCUT2D eigenvalue weighted by Crippen LogP contribution is -2.22. The maximum atomic E-state index is 4.67. The number of hydrogen-bond acceptors (Lipinski definition) is 2. The first-order chi connectivity index (χ1) is 10.1. The van der Waals surface area contributed by atoms with Crippen LogP contribution in [0.1, 0.15) is 19.5 Å². The largest absolute Gasteiger partial charge is 0.309 e. The first-order valence-corrected chi connectivity index (χ1v) is 7.90. The lowest BCUT2D eigenvalue weighted by molar-refractivity contribution is 0.578. The van der Waals surface area contributed by atoms with E-state index in [1.165, 1.54) is 10.8 Å². The minimum absolute atomic E-state index is 0.462. The van der Waals surface area contributed by atoms with Crippen molar-refractivity contribution in [3.8, 4) is 5.69 Å². The van der Waals surface area contributed by atoms with Gasteiger partial charge in [0.05, 0.1) is 11.4 Å². The summed E-state index contributed by atoms with van der Waals surface area (Å²) in [6.07, 6.45) is 2.02. The van der Waals surface area contributed by atoms with E-state index in [0.29, 0.717) is 6.04 Å². The molecule has 0 saturated heterocycles. The molecule has 1 heterocycles. The van der Waals surface area contributed by atoms with E-state index < -0.39 is 0 Å². The third-order valence-corrected chi connectivity index (χ3v) is 4.12. The van der Waals surface area contributed by atoms with Crippen LogP contribution in [-0.4, -0.2) is 15.8 Å². The fourth-order valence-electron chi connectivity index (χ4n) is 2.34. The van der Waals surface area contributed by atoms with Gasteiger partial charge in [-0.05, 0) is 23.6 Å². The first-order valence-electron chi connectivity index (χ1n) is 7.10. The molecule has 4 heteroatoms. The summed E-state index contributed by atoms with van der Waals surface area (Å²) in [5, 5.41) is 10.5. The second kappa shape index (κ2) is 6.00. The number of fused-ring (bicyclic) bond motifs is 1. The highest BCUT2D eigenvalue weighted by Gasteiger charge is 2.07. The van der Waals surface area contributed by atoms with E-state index in [1.807, 2.05) is 10.9 Å². The van der Waals surface area contributed by atoms with E-state index in [0.717, 1.165) is 22.4 Å². The summed E-state index contributed by atoms with van der Waals surface area (Å²) < 4.78 is 3.06. The summed E-state index contributed by atoms with van der Waals surface area (Å²) in [7, 11) is 0. The molecule has 0 unspecified atom stereocenters. The summed E-state index contributed by atoms with van der Waals surface area (Å²) in [6, 6.07) is 15.1. The quantitative estimate of drug-likeness (QED) is 0.765. The molecule has 0 aliphatic rings.